The lowest BCUT2D eigenvalue weighted by Crippen LogP contribution is -2.24. The highest BCUT2D eigenvalue weighted by molar-refractivity contribution is 7.88. The molecule has 0 radical (unpaired) electrons. The van der Waals surface area contributed by atoms with Crippen LogP contribution in [0.25, 0.3) is 0 Å². The van der Waals surface area contributed by atoms with Crippen molar-refractivity contribution in [1.82, 2.24) is 9.29 Å². The molecular weight excluding hydrogens is 224 g/mol. The molecule has 1 aromatic rings. The minimum atomic E-state index is -3.12. The van der Waals surface area contributed by atoms with Crippen LogP contribution in [0, 0.1) is 0 Å². The van der Waals surface area contributed by atoms with Crippen LogP contribution in [0.1, 0.15) is 36.6 Å². The molecule has 0 atom stereocenters. The van der Waals surface area contributed by atoms with Crippen LogP contribution in [-0.4, -0.2) is 24.0 Å². The predicted molar refractivity (Wildman–Crippen MR) is 62.4 cm³/mol. The van der Waals surface area contributed by atoms with Gasteiger partial charge in [-0.05, 0) is 23.1 Å². The van der Waals surface area contributed by atoms with Crippen LogP contribution in [0.3, 0.4) is 0 Å². The summed E-state index contributed by atoms with van der Waals surface area (Å²) in [7, 11) is -3.12. The van der Waals surface area contributed by atoms with Crippen LogP contribution >= 0.6 is 0 Å². The monoisotopic (exact) mass is 240 g/mol. The number of nitrogens with zero attached hydrogens (tertiary/aromatic N) is 2. The average molecular weight is 240 g/mol. The van der Waals surface area contributed by atoms with Gasteiger partial charge in [0.25, 0.3) is 0 Å². The van der Waals surface area contributed by atoms with Crippen molar-refractivity contribution in [2.75, 3.05) is 6.26 Å². The predicted octanol–water partition coefficient (Wildman–Crippen LogP) is 1.48. The van der Waals surface area contributed by atoms with Crippen LogP contribution in [0.15, 0.2) is 12.3 Å². The van der Waals surface area contributed by atoms with Crippen molar-refractivity contribution in [2.24, 2.45) is 0 Å². The lowest BCUT2D eigenvalue weighted by atomic mass is 9.98. The summed E-state index contributed by atoms with van der Waals surface area (Å²) >= 11 is 0. The topological polar surface area (TPSA) is 50.3 Å². The number of fused-ring (bicyclic) bond motifs is 1. The summed E-state index contributed by atoms with van der Waals surface area (Å²) in [6.45, 7) is 5.10. The second kappa shape index (κ2) is 3.82. The molecule has 2 rings (SSSR count). The maximum absolute atomic E-state index is 11.5. The number of rotatable bonds is 2. The Bertz CT molecular complexity index is 509. The third-order valence-electron chi connectivity index (χ3n) is 2.93. The van der Waals surface area contributed by atoms with E-state index in [-0.39, 0.29) is 0 Å². The van der Waals surface area contributed by atoms with Gasteiger partial charge in [-0.3, -0.25) is 4.98 Å². The number of pyridine rings is 1. The number of sulfonamides is 1. The van der Waals surface area contributed by atoms with Crippen molar-refractivity contribution in [3.8, 4) is 0 Å². The molecule has 5 heteroatoms. The molecule has 0 unspecified atom stereocenters. The largest absolute Gasteiger partial charge is 0.260 e. The Hall–Kier alpha value is -0.940. The Morgan fingerprint density at radius 2 is 2.06 bits per heavy atom. The maximum atomic E-state index is 11.5. The Morgan fingerprint density at radius 1 is 1.38 bits per heavy atom. The molecule has 0 saturated carbocycles. The first kappa shape index (κ1) is 11.5. The van der Waals surface area contributed by atoms with Gasteiger partial charge in [0.1, 0.15) is 0 Å². The molecule has 88 valence electrons. The van der Waals surface area contributed by atoms with Crippen molar-refractivity contribution in [1.29, 1.82) is 0 Å². The van der Waals surface area contributed by atoms with E-state index in [0.717, 1.165) is 11.3 Å². The van der Waals surface area contributed by atoms with Gasteiger partial charge in [-0.1, -0.05) is 13.8 Å². The lowest BCUT2D eigenvalue weighted by molar-refractivity contribution is 0.433. The fourth-order valence-electron chi connectivity index (χ4n) is 2.05. The zero-order valence-corrected chi connectivity index (χ0v) is 10.6. The zero-order valence-electron chi connectivity index (χ0n) is 9.77. The number of hydrogen-bond donors (Lipinski definition) is 0. The van der Waals surface area contributed by atoms with Crippen LogP contribution < -0.4 is 0 Å². The quantitative estimate of drug-likeness (QED) is 0.786. The zero-order chi connectivity index (χ0) is 11.9. The smallest absolute Gasteiger partial charge is 0.211 e. The summed E-state index contributed by atoms with van der Waals surface area (Å²) in [5.74, 6) is 0.399. The van der Waals surface area contributed by atoms with Crippen molar-refractivity contribution >= 4 is 10.0 Å². The van der Waals surface area contributed by atoms with E-state index in [1.165, 1.54) is 16.1 Å². The van der Waals surface area contributed by atoms with E-state index in [1.807, 2.05) is 6.07 Å². The lowest BCUT2D eigenvalue weighted by Gasteiger charge is -2.12. The molecule has 0 amide bonds. The van der Waals surface area contributed by atoms with Gasteiger partial charge in [-0.2, -0.15) is 4.31 Å². The SMILES string of the molecule is CC(C)c1ccnc2c1CN(S(C)(=O)=O)C2. The molecule has 0 aliphatic carbocycles. The Labute approximate surface area is 96.4 Å². The summed E-state index contributed by atoms with van der Waals surface area (Å²) in [5.41, 5.74) is 3.19. The van der Waals surface area contributed by atoms with Crippen molar-refractivity contribution in [3.05, 3.63) is 29.1 Å². The second-order valence-corrected chi connectivity index (χ2v) is 6.49. The number of hydrogen-bond acceptors (Lipinski definition) is 3. The molecule has 2 heterocycles. The van der Waals surface area contributed by atoms with Crippen molar-refractivity contribution < 1.29 is 8.42 Å². The molecule has 1 aromatic heterocycles. The molecule has 0 N–H and O–H groups in total. The molecule has 0 bridgehead atoms. The van der Waals surface area contributed by atoms with Gasteiger partial charge in [0, 0.05) is 12.7 Å². The average Bonchev–Trinajstić information content (AvgIpc) is 2.59. The highest BCUT2D eigenvalue weighted by atomic mass is 32.2. The van der Waals surface area contributed by atoms with Crippen LogP contribution in [0.5, 0.6) is 0 Å². The normalized spacial score (nSPS) is 16.8. The fourth-order valence-corrected chi connectivity index (χ4v) is 2.77. The minimum Gasteiger partial charge on any atom is -0.260 e. The Morgan fingerprint density at radius 3 is 2.62 bits per heavy atom. The standard InChI is InChI=1S/C11H16N2O2S/c1-8(2)9-4-5-12-11-7-13(6-10(9)11)16(3,14)15/h4-5,8H,6-7H2,1-3H3. The highest BCUT2D eigenvalue weighted by Gasteiger charge is 2.28. The maximum Gasteiger partial charge on any atom is 0.211 e. The molecular formula is C11H16N2O2S. The van der Waals surface area contributed by atoms with E-state index in [0.29, 0.717) is 19.0 Å². The van der Waals surface area contributed by atoms with Gasteiger partial charge in [-0.15, -0.1) is 0 Å². The minimum absolute atomic E-state index is 0.399. The summed E-state index contributed by atoms with van der Waals surface area (Å²) in [6, 6.07) is 1.98. The molecule has 4 nitrogen and oxygen atoms in total. The third-order valence-corrected chi connectivity index (χ3v) is 4.13. The van der Waals surface area contributed by atoms with E-state index in [9.17, 15) is 8.42 Å². The van der Waals surface area contributed by atoms with E-state index in [4.69, 9.17) is 0 Å². The van der Waals surface area contributed by atoms with Gasteiger partial charge in [0.15, 0.2) is 0 Å². The van der Waals surface area contributed by atoms with Crippen LogP contribution in [0.2, 0.25) is 0 Å². The Balaban J connectivity index is 2.41. The molecule has 0 saturated heterocycles. The molecule has 0 spiro atoms. The van der Waals surface area contributed by atoms with Gasteiger partial charge < -0.3 is 0 Å². The molecule has 1 aliphatic heterocycles. The summed E-state index contributed by atoms with van der Waals surface area (Å²) in [5, 5.41) is 0. The molecule has 0 aromatic carbocycles. The van der Waals surface area contributed by atoms with E-state index in [2.05, 4.69) is 18.8 Å². The third kappa shape index (κ3) is 1.97. The van der Waals surface area contributed by atoms with E-state index in [1.54, 1.807) is 6.20 Å². The first-order valence-corrected chi connectivity index (χ1v) is 7.16. The molecule has 0 fully saturated rings. The van der Waals surface area contributed by atoms with Gasteiger partial charge in [0.05, 0.1) is 18.5 Å². The Kier molecular flexibility index (Phi) is 2.75. The fraction of sp³-hybridized carbons (Fsp3) is 0.545. The van der Waals surface area contributed by atoms with Crippen LogP contribution in [0.4, 0.5) is 0 Å². The van der Waals surface area contributed by atoms with Crippen LogP contribution in [-0.2, 0) is 23.1 Å². The summed E-state index contributed by atoms with van der Waals surface area (Å²) < 4.78 is 24.4. The highest BCUT2D eigenvalue weighted by Crippen LogP contribution is 2.29. The second-order valence-electron chi connectivity index (χ2n) is 4.51. The van der Waals surface area contributed by atoms with Gasteiger partial charge >= 0.3 is 0 Å². The van der Waals surface area contributed by atoms with Gasteiger partial charge in [0.2, 0.25) is 10.0 Å². The summed E-state index contributed by atoms with van der Waals surface area (Å²) in [6.07, 6.45) is 3.01. The van der Waals surface area contributed by atoms with Gasteiger partial charge in [-0.25, -0.2) is 8.42 Å². The number of aromatic nitrogens is 1. The van der Waals surface area contributed by atoms with Crippen molar-refractivity contribution in [3.63, 3.8) is 0 Å². The van der Waals surface area contributed by atoms with Crippen molar-refractivity contribution in [2.45, 2.75) is 32.9 Å². The first-order chi connectivity index (χ1) is 7.39. The molecule has 16 heavy (non-hydrogen) atoms. The summed E-state index contributed by atoms with van der Waals surface area (Å²) in [4.78, 5) is 4.26. The first-order valence-electron chi connectivity index (χ1n) is 5.31. The van der Waals surface area contributed by atoms with E-state index < -0.39 is 10.0 Å². The molecule has 1 aliphatic rings. The van der Waals surface area contributed by atoms with E-state index >= 15 is 0 Å².